The van der Waals surface area contributed by atoms with Crippen LogP contribution in [0.3, 0.4) is 0 Å². The average Bonchev–Trinajstić information content (AvgIpc) is 2.33. The number of hydrogen-bond donors (Lipinski definition) is 2. The fourth-order valence-electron chi connectivity index (χ4n) is 1.85. The van der Waals surface area contributed by atoms with Gasteiger partial charge < -0.3 is 20.7 Å². The number of hydrogen-bond acceptors (Lipinski definition) is 4. The van der Waals surface area contributed by atoms with Gasteiger partial charge in [-0.3, -0.25) is 0 Å². The number of nitrogens with one attached hydrogen (secondary N) is 1. The number of methoxy groups -OCH3 is 1. The van der Waals surface area contributed by atoms with Gasteiger partial charge in [-0.1, -0.05) is 20.8 Å². The largest absolute Gasteiger partial charge is 0.383 e. The van der Waals surface area contributed by atoms with E-state index in [0.29, 0.717) is 13.2 Å². The molecule has 0 aromatic carbocycles. The zero-order chi connectivity index (χ0) is 12.4. The highest BCUT2D eigenvalue weighted by molar-refractivity contribution is 4.87. The third-order valence-corrected chi connectivity index (χ3v) is 3.31. The Bertz CT molecular complexity index is 156. The van der Waals surface area contributed by atoms with Crippen molar-refractivity contribution < 1.29 is 4.74 Å². The lowest BCUT2D eigenvalue weighted by atomic mass is 9.97. The van der Waals surface area contributed by atoms with E-state index in [9.17, 15) is 0 Å². The average molecular weight is 231 g/mol. The van der Waals surface area contributed by atoms with Crippen LogP contribution in [-0.2, 0) is 4.74 Å². The normalized spacial score (nSPS) is 15.4. The van der Waals surface area contributed by atoms with Gasteiger partial charge in [-0.15, -0.1) is 0 Å². The van der Waals surface area contributed by atoms with Gasteiger partial charge in [-0.2, -0.15) is 0 Å². The van der Waals surface area contributed by atoms with Crippen LogP contribution in [0.4, 0.5) is 0 Å². The lowest BCUT2D eigenvalue weighted by molar-refractivity contribution is 0.107. The predicted octanol–water partition coefficient (Wildman–Crippen LogP) is 0.672. The predicted molar refractivity (Wildman–Crippen MR) is 69.7 cm³/mol. The second-order valence-electron chi connectivity index (χ2n) is 4.22. The molecule has 0 saturated heterocycles. The second kappa shape index (κ2) is 8.93. The van der Waals surface area contributed by atoms with Gasteiger partial charge in [0.15, 0.2) is 0 Å². The second-order valence-corrected chi connectivity index (χ2v) is 4.22. The fourth-order valence-corrected chi connectivity index (χ4v) is 1.85. The molecule has 0 spiro atoms. The van der Waals surface area contributed by atoms with Crippen molar-refractivity contribution in [1.29, 1.82) is 0 Å². The highest BCUT2D eigenvalue weighted by Gasteiger charge is 2.25. The third kappa shape index (κ3) is 5.25. The van der Waals surface area contributed by atoms with Gasteiger partial charge >= 0.3 is 0 Å². The van der Waals surface area contributed by atoms with E-state index in [1.54, 1.807) is 7.11 Å². The zero-order valence-corrected chi connectivity index (χ0v) is 11.4. The van der Waals surface area contributed by atoms with Gasteiger partial charge in [-0.05, 0) is 19.5 Å². The molecule has 0 aliphatic rings. The summed E-state index contributed by atoms with van der Waals surface area (Å²) < 4.78 is 5.24. The van der Waals surface area contributed by atoms with Crippen LogP contribution in [0.2, 0.25) is 0 Å². The van der Waals surface area contributed by atoms with Crippen LogP contribution in [0.1, 0.15) is 27.2 Å². The molecule has 16 heavy (non-hydrogen) atoms. The Labute approximate surface area is 101 Å². The summed E-state index contributed by atoms with van der Waals surface area (Å²) in [6, 6.07) is 0. The lowest BCUT2D eigenvalue weighted by Crippen LogP contribution is -2.55. The summed E-state index contributed by atoms with van der Waals surface area (Å²) in [6.45, 7) is 12.1. The van der Waals surface area contributed by atoms with E-state index >= 15 is 0 Å². The smallest absolute Gasteiger partial charge is 0.0656 e. The number of rotatable bonds is 10. The molecule has 0 aromatic rings. The lowest BCUT2D eigenvalue weighted by Gasteiger charge is -2.33. The van der Waals surface area contributed by atoms with Crippen LogP contribution in [0, 0.1) is 0 Å². The van der Waals surface area contributed by atoms with Crippen molar-refractivity contribution in [1.82, 2.24) is 10.2 Å². The summed E-state index contributed by atoms with van der Waals surface area (Å²) in [4.78, 5) is 2.40. The number of ether oxygens (including phenoxy) is 1. The maximum absolute atomic E-state index is 5.83. The number of nitrogens with two attached hydrogens (primary N) is 1. The van der Waals surface area contributed by atoms with E-state index in [2.05, 4.69) is 31.0 Å². The molecule has 3 N–H and O–H groups in total. The summed E-state index contributed by atoms with van der Waals surface area (Å²) >= 11 is 0. The van der Waals surface area contributed by atoms with Crippen LogP contribution in [-0.4, -0.2) is 56.9 Å². The molecule has 0 aliphatic heterocycles. The highest BCUT2D eigenvalue weighted by Crippen LogP contribution is 2.08. The summed E-state index contributed by atoms with van der Waals surface area (Å²) in [5, 5.41) is 3.54. The van der Waals surface area contributed by atoms with Gasteiger partial charge in [0.1, 0.15) is 0 Å². The van der Waals surface area contributed by atoms with E-state index in [4.69, 9.17) is 10.5 Å². The van der Waals surface area contributed by atoms with Crippen molar-refractivity contribution in [3.8, 4) is 0 Å². The Kier molecular flexibility index (Phi) is 8.84. The summed E-state index contributed by atoms with van der Waals surface area (Å²) in [5.41, 5.74) is 5.78. The van der Waals surface area contributed by atoms with E-state index in [-0.39, 0.29) is 5.54 Å². The Morgan fingerprint density at radius 1 is 1.25 bits per heavy atom. The van der Waals surface area contributed by atoms with Crippen LogP contribution in [0.5, 0.6) is 0 Å². The molecular formula is C12H29N3O. The topological polar surface area (TPSA) is 50.5 Å². The molecule has 1 atom stereocenters. The van der Waals surface area contributed by atoms with Crippen molar-refractivity contribution in [2.75, 3.05) is 46.4 Å². The summed E-state index contributed by atoms with van der Waals surface area (Å²) in [7, 11) is 1.73. The van der Waals surface area contributed by atoms with E-state index in [0.717, 1.165) is 32.6 Å². The van der Waals surface area contributed by atoms with Crippen LogP contribution in [0.25, 0.3) is 0 Å². The van der Waals surface area contributed by atoms with E-state index in [1.807, 2.05) is 0 Å². The minimum Gasteiger partial charge on any atom is -0.383 e. The van der Waals surface area contributed by atoms with Gasteiger partial charge in [-0.25, -0.2) is 0 Å². The zero-order valence-electron chi connectivity index (χ0n) is 11.4. The number of likely N-dealkylation sites (N-methyl/N-ethyl adjacent to an activating group) is 1. The first kappa shape index (κ1) is 15.8. The van der Waals surface area contributed by atoms with Crippen LogP contribution < -0.4 is 11.1 Å². The first-order valence-electron chi connectivity index (χ1n) is 6.34. The minimum atomic E-state index is -0.0537. The van der Waals surface area contributed by atoms with Crippen molar-refractivity contribution in [3.63, 3.8) is 0 Å². The molecule has 0 rings (SSSR count). The SMILES string of the molecule is CCN(CC)CCNC(CC)(CN)COC. The molecule has 0 radical (unpaired) electrons. The molecule has 4 heteroatoms. The van der Waals surface area contributed by atoms with Crippen molar-refractivity contribution in [2.24, 2.45) is 5.73 Å². The highest BCUT2D eigenvalue weighted by atomic mass is 16.5. The summed E-state index contributed by atoms with van der Waals surface area (Å²) in [5.74, 6) is 0. The third-order valence-electron chi connectivity index (χ3n) is 3.31. The maximum Gasteiger partial charge on any atom is 0.0656 e. The van der Waals surface area contributed by atoms with Gasteiger partial charge in [0, 0.05) is 26.7 Å². The summed E-state index contributed by atoms with van der Waals surface area (Å²) in [6.07, 6.45) is 0.996. The fraction of sp³-hybridized carbons (Fsp3) is 1.00. The molecule has 0 saturated carbocycles. The molecule has 0 aliphatic carbocycles. The Morgan fingerprint density at radius 2 is 1.88 bits per heavy atom. The Balaban J connectivity index is 4.01. The van der Waals surface area contributed by atoms with Gasteiger partial charge in [0.2, 0.25) is 0 Å². The molecule has 0 fully saturated rings. The first-order chi connectivity index (χ1) is 7.67. The standard InChI is InChI=1S/C12H29N3O/c1-5-12(10-13,11-16-4)14-8-9-15(6-2)7-3/h14H,5-11,13H2,1-4H3. The monoisotopic (exact) mass is 231 g/mol. The van der Waals surface area contributed by atoms with Crippen LogP contribution >= 0.6 is 0 Å². The quantitative estimate of drug-likeness (QED) is 0.580. The molecule has 0 amide bonds. The number of nitrogens with zero attached hydrogens (tertiary/aromatic N) is 1. The Morgan fingerprint density at radius 3 is 2.25 bits per heavy atom. The molecule has 1 unspecified atom stereocenters. The van der Waals surface area contributed by atoms with E-state index < -0.39 is 0 Å². The molecule has 0 bridgehead atoms. The van der Waals surface area contributed by atoms with Crippen molar-refractivity contribution in [2.45, 2.75) is 32.7 Å². The Hall–Kier alpha value is -0.160. The molecular weight excluding hydrogens is 202 g/mol. The van der Waals surface area contributed by atoms with Gasteiger partial charge in [0.05, 0.1) is 12.1 Å². The first-order valence-corrected chi connectivity index (χ1v) is 6.34. The molecule has 98 valence electrons. The molecule has 0 heterocycles. The minimum absolute atomic E-state index is 0.0537. The van der Waals surface area contributed by atoms with Crippen LogP contribution in [0.15, 0.2) is 0 Å². The van der Waals surface area contributed by atoms with Crippen molar-refractivity contribution in [3.05, 3.63) is 0 Å². The molecule has 0 aromatic heterocycles. The molecule has 4 nitrogen and oxygen atoms in total. The maximum atomic E-state index is 5.83. The van der Waals surface area contributed by atoms with E-state index in [1.165, 1.54) is 0 Å². The van der Waals surface area contributed by atoms with Gasteiger partial charge in [0.25, 0.3) is 0 Å². The van der Waals surface area contributed by atoms with Crippen molar-refractivity contribution >= 4 is 0 Å².